The number of carbonyl (C=O) groups excluding carboxylic acids is 4. The first kappa shape index (κ1) is 58.1. The first-order valence-corrected chi connectivity index (χ1v) is 27.2. The van der Waals surface area contributed by atoms with Crippen LogP contribution in [0.1, 0.15) is 198 Å². The molecule has 12 nitrogen and oxygen atoms in total. The van der Waals surface area contributed by atoms with Crippen LogP contribution in [0.2, 0.25) is 0 Å². The van der Waals surface area contributed by atoms with E-state index < -0.39 is 23.9 Å². The van der Waals surface area contributed by atoms with Gasteiger partial charge in [-0.25, -0.2) is 19.2 Å². The molecule has 0 N–H and O–H groups in total. The average Bonchev–Trinajstić information content (AvgIpc) is 3.42. The summed E-state index contributed by atoms with van der Waals surface area (Å²) in [6.45, 7) is 10.9. The van der Waals surface area contributed by atoms with Crippen LogP contribution in [0.3, 0.4) is 0 Å². The Morgan fingerprint density at radius 1 is 0.270 bits per heavy atom. The van der Waals surface area contributed by atoms with Gasteiger partial charge in [0.15, 0.2) is 23.0 Å². The lowest BCUT2D eigenvalue weighted by Crippen LogP contribution is -2.16. The van der Waals surface area contributed by atoms with E-state index in [0.717, 1.165) is 103 Å². The van der Waals surface area contributed by atoms with Crippen LogP contribution in [-0.2, 0) is 0 Å². The standard InChI is InChI=1S/C62H78O12/c1-5-9-13-17-21-41-67-51-33-25-47(26-34-51)59(63)71-55-45-57(73-61(65)49-29-37-53(38-30-49)69-43-23-19-15-11-7-3)58(74-62(66)50-31-39-54(40-32-50)70-44-24-20-16-12-8-4)46-56(55)72-60(64)48-27-35-52(36-28-48)68-42-22-18-14-10-6-2/h25-40,45-46H,5-24,41-44H2,1-4H3. The van der Waals surface area contributed by atoms with E-state index in [1.807, 2.05) is 0 Å². The van der Waals surface area contributed by atoms with Crippen molar-refractivity contribution < 1.29 is 57.1 Å². The monoisotopic (exact) mass is 1010 g/mol. The number of benzene rings is 5. The lowest BCUT2D eigenvalue weighted by molar-refractivity contribution is 0.0662. The van der Waals surface area contributed by atoms with Crippen molar-refractivity contribution in [2.75, 3.05) is 26.4 Å². The number of unbranched alkanes of at least 4 members (excludes halogenated alkanes) is 16. The summed E-state index contributed by atoms with van der Waals surface area (Å²) in [5, 5.41) is 0. The van der Waals surface area contributed by atoms with Crippen LogP contribution in [0.5, 0.6) is 46.0 Å². The van der Waals surface area contributed by atoms with Crippen LogP contribution in [0.4, 0.5) is 0 Å². The fourth-order valence-corrected chi connectivity index (χ4v) is 7.81. The molecule has 0 spiro atoms. The molecule has 12 heteroatoms. The summed E-state index contributed by atoms with van der Waals surface area (Å²) in [6.07, 6.45) is 21.9. The topological polar surface area (TPSA) is 142 Å². The fraction of sp³-hybridized carbons (Fsp3) is 0.452. The molecule has 0 aliphatic heterocycles. The number of hydrogen-bond donors (Lipinski definition) is 0. The smallest absolute Gasteiger partial charge is 0.343 e. The second kappa shape index (κ2) is 33.8. The van der Waals surface area contributed by atoms with E-state index in [9.17, 15) is 19.2 Å². The van der Waals surface area contributed by atoms with Gasteiger partial charge in [-0.2, -0.15) is 0 Å². The number of carbonyl (C=O) groups is 4. The van der Waals surface area contributed by atoms with Crippen LogP contribution in [0, 0.1) is 0 Å². The number of esters is 4. The molecule has 5 aromatic carbocycles. The van der Waals surface area contributed by atoms with Crippen molar-refractivity contribution in [3.05, 3.63) is 131 Å². The molecule has 398 valence electrons. The summed E-state index contributed by atoms with van der Waals surface area (Å²) < 4.78 is 47.4. The van der Waals surface area contributed by atoms with Crippen molar-refractivity contribution in [1.29, 1.82) is 0 Å². The van der Waals surface area contributed by atoms with Crippen molar-refractivity contribution >= 4 is 23.9 Å². The zero-order chi connectivity index (χ0) is 52.6. The predicted molar refractivity (Wildman–Crippen MR) is 289 cm³/mol. The second-order valence-electron chi connectivity index (χ2n) is 18.5. The van der Waals surface area contributed by atoms with E-state index in [0.29, 0.717) is 49.4 Å². The van der Waals surface area contributed by atoms with Crippen LogP contribution in [-0.4, -0.2) is 50.3 Å². The highest BCUT2D eigenvalue weighted by Crippen LogP contribution is 2.42. The summed E-state index contributed by atoms with van der Waals surface area (Å²) in [4.78, 5) is 55.5. The Balaban J connectivity index is 1.42. The van der Waals surface area contributed by atoms with Crippen LogP contribution in [0.25, 0.3) is 0 Å². The summed E-state index contributed by atoms with van der Waals surface area (Å²) in [6, 6.07) is 28.3. The molecule has 0 radical (unpaired) electrons. The molecule has 0 saturated heterocycles. The zero-order valence-corrected chi connectivity index (χ0v) is 44.3. The van der Waals surface area contributed by atoms with Gasteiger partial charge in [-0.1, -0.05) is 130 Å². The molecule has 0 heterocycles. The fourth-order valence-electron chi connectivity index (χ4n) is 7.81. The molecule has 0 aliphatic rings. The summed E-state index contributed by atoms with van der Waals surface area (Å²) in [5.74, 6) is -2.02. The molecule has 5 rings (SSSR count). The Hall–Kier alpha value is -6.82. The third-order valence-electron chi connectivity index (χ3n) is 12.2. The van der Waals surface area contributed by atoms with Gasteiger partial charge in [-0.05, 0) is 123 Å². The van der Waals surface area contributed by atoms with Gasteiger partial charge in [-0.3, -0.25) is 0 Å². The minimum atomic E-state index is -0.809. The molecule has 0 fully saturated rings. The highest BCUT2D eigenvalue weighted by Gasteiger charge is 2.25. The third kappa shape index (κ3) is 21.0. The Bertz CT molecular complexity index is 2070. The van der Waals surface area contributed by atoms with Gasteiger partial charge in [0, 0.05) is 12.1 Å². The second-order valence-corrected chi connectivity index (χ2v) is 18.5. The van der Waals surface area contributed by atoms with Crippen molar-refractivity contribution in [2.24, 2.45) is 0 Å². The van der Waals surface area contributed by atoms with Gasteiger partial charge in [0.1, 0.15) is 23.0 Å². The predicted octanol–water partition coefficient (Wildman–Crippen LogP) is 16.0. The molecule has 0 aromatic heterocycles. The van der Waals surface area contributed by atoms with Crippen molar-refractivity contribution in [2.45, 2.75) is 156 Å². The number of rotatable bonds is 36. The van der Waals surface area contributed by atoms with Crippen molar-refractivity contribution in [1.82, 2.24) is 0 Å². The normalized spacial score (nSPS) is 10.9. The highest BCUT2D eigenvalue weighted by atomic mass is 16.6. The lowest BCUT2D eigenvalue weighted by Gasteiger charge is -2.16. The molecule has 74 heavy (non-hydrogen) atoms. The van der Waals surface area contributed by atoms with Gasteiger partial charge >= 0.3 is 23.9 Å². The van der Waals surface area contributed by atoms with Gasteiger partial charge in [0.25, 0.3) is 0 Å². The first-order valence-electron chi connectivity index (χ1n) is 27.2. The molecule has 0 unspecified atom stereocenters. The molecular weight excluding hydrogens is 937 g/mol. The molecule has 0 aliphatic carbocycles. The summed E-state index contributed by atoms with van der Waals surface area (Å²) >= 11 is 0. The molecule has 5 aromatic rings. The molecule has 0 atom stereocenters. The molecule has 0 bridgehead atoms. The Kier molecular flexibility index (Phi) is 26.5. The van der Waals surface area contributed by atoms with E-state index in [1.54, 1.807) is 97.1 Å². The van der Waals surface area contributed by atoms with Crippen LogP contribution in [0.15, 0.2) is 109 Å². The molecule has 0 saturated carbocycles. The van der Waals surface area contributed by atoms with Crippen molar-refractivity contribution in [3.8, 4) is 46.0 Å². The van der Waals surface area contributed by atoms with Gasteiger partial charge in [0.2, 0.25) is 0 Å². The van der Waals surface area contributed by atoms with E-state index in [1.165, 1.54) is 37.8 Å². The Morgan fingerprint density at radius 3 is 0.649 bits per heavy atom. The minimum Gasteiger partial charge on any atom is -0.494 e. The maximum absolute atomic E-state index is 13.9. The van der Waals surface area contributed by atoms with Gasteiger partial charge in [0.05, 0.1) is 48.7 Å². The summed E-state index contributed by atoms with van der Waals surface area (Å²) in [7, 11) is 0. The SMILES string of the molecule is CCCCCCCOc1ccc(C(=O)Oc2cc(OC(=O)c3ccc(OCCCCCCC)cc3)c(OC(=O)c3ccc(OCCCCCCC)cc3)cc2OC(=O)c2ccc(OCCCCCCC)cc2)cc1. The largest absolute Gasteiger partial charge is 0.494 e. The Labute approximate surface area is 439 Å². The quantitative estimate of drug-likeness (QED) is 0.0214. The number of ether oxygens (including phenoxy) is 8. The van der Waals surface area contributed by atoms with E-state index in [4.69, 9.17) is 37.9 Å². The van der Waals surface area contributed by atoms with Crippen molar-refractivity contribution in [3.63, 3.8) is 0 Å². The van der Waals surface area contributed by atoms with Crippen LogP contribution < -0.4 is 37.9 Å². The van der Waals surface area contributed by atoms with Crippen LogP contribution >= 0.6 is 0 Å². The maximum atomic E-state index is 13.9. The van der Waals surface area contributed by atoms with Gasteiger partial charge < -0.3 is 37.9 Å². The lowest BCUT2D eigenvalue weighted by atomic mass is 10.2. The Morgan fingerprint density at radius 2 is 0.459 bits per heavy atom. The zero-order valence-electron chi connectivity index (χ0n) is 44.3. The van der Waals surface area contributed by atoms with E-state index in [-0.39, 0.29) is 45.3 Å². The van der Waals surface area contributed by atoms with E-state index in [2.05, 4.69) is 27.7 Å². The first-order chi connectivity index (χ1) is 36.2. The summed E-state index contributed by atoms with van der Waals surface area (Å²) in [5.41, 5.74) is 0.666. The molecule has 0 amide bonds. The average molecular weight is 1020 g/mol. The van der Waals surface area contributed by atoms with E-state index >= 15 is 0 Å². The minimum absolute atomic E-state index is 0.166. The third-order valence-corrected chi connectivity index (χ3v) is 12.2. The molecular formula is C62H78O12. The number of hydrogen-bond acceptors (Lipinski definition) is 12. The van der Waals surface area contributed by atoms with Gasteiger partial charge in [-0.15, -0.1) is 0 Å². The maximum Gasteiger partial charge on any atom is 0.343 e. The highest BCUT2D eigenvalue weighted by molar-refractivity contribution is 5.96.